The number of amides is 2. The molecule has 0 saturated carbocycles. The van der Waals surface area contributed by atoms with Crippen LogP contribution in [-0.4, -0.2) is 81.4 Å². The Morgan fingerprint density at radius 1 is 0.795 bits per heavy atom. The molecule has 2 aliphatic rings. The monoisotopic (exact) mass is 610 g/mol. The summed E-state index contributed by atoms with van der Waals surface area (Å²) < 4.78 is 33.1. The summed E-state index contributed by atoms with van der Waals surface area (Å²) in [5.41, 5.74) is -0.758. The Balaban J connectivity index is 1.63. The quantitative estimate of drug-likeness (QED) is 0.293. The second kappa shape index (κ2) is 13.1. The molecule has 2 saturated heterocycles. The lowest BCUT2D eigenvalue weighted by molar-refractivity contribution is -0.0643. The van der Waals surface area contributed by atoms with Crippen LogP contribution in [0.15, 0.2) is 60.7 Å². The highest BCUT2D eigenvalue weighted by atomic mass is 16.6. The van der Waals surface area contributed by atoms with Crippen LogP contribution < -0.4 is 0 Å². The maximum absolute atomic E-state index is 13.7. The van der Waals surface area contributed by atoms with Gasteiger partial charge in [-0.25, -0.2) is 9.59 Å². The van der Waals surface area contributed by atoms with Crippen molar-refractivity contribution in [2.24, 2.45) is 0 Å². The van der Waals surface area contributed by atoms with Gasteiger partial charge in [0.1, 0.15) is 24.1 Å². The van der Waals surface area contributed by atoms with Gasteiger partial charge in [0.2, 0.25) is 0 Å². The molecule has 2 fully saturated rings. The third-order valence-electron chi connectivity index (χ3n) is 8.34. The number of hydrogen-bond donors (Lipinski definition) is 0. The lowest BCUT2D eigenvalue weighted by Crippen LogP contribution is -2.54. The third kappa shape index (κ3) is 7.92. The Bertz CT molecular complexity index is 1230. The number of carbonyl (C=O) groups excluding carboxylic acids is 2. The zero-order valence-corrected chi connectivity index (χ0v) is 27.8. The van der Waals surface area contributed by atoms with Crippen molar-refractivity contribution in [1.82, 2.24) is 14.7 Å². The first-order chi connectivity index (χ1) is 20.9. The van der Waals surface area contributed by atoms with E-state index in [1.165, 1.54) is 0 Å². The first-order valence-corrected chi connectivity index (χ1v) is 15.5. The third-order valence-corrected chi connectivity index (χ3v) is 8.34. The molecule has 2 aromatic rings. The van der Waals surface area contributed by atoms with E-state index in [2.05, 4.69) is 4.90 Å². The minimum atomic E-state index is -1.29. The number of ether oxygens (including phenoxy) is 4. The van der Waals surface area contributed by atoms with E-state index in [4.69, 9.17) is 18.9 Å². The van der Waals surface area contributed by atoms with E-state index in [9.17, 15) is 11.0 Å². The Morgan fingerprint density at radius 3 is 1.64 bits per heavy atom. The zero-order valence-electron chi connectivity index (χ0n) is 28.8. The molecule has 4 rings (SSSR count). The molecule has 0 bridgehead atoms. The van der Waals surface area contributed by atoms with E-state index in [0.29, 0.717) is 26.3 Å². The van der Waals surface area contributed by atoms with Gasteiger partial charge in [-0.2, -0.15) is 0 Å². The van der Waals surface area contributed by atoms with Gasteiger partial charge in [-0.3, -0.25) is 14.7 Å². The van der Waals surface area contributed by atoms with Gasteiger partial charge in [0, 0.05) is 25.6 Å². The summed E-state index contributed by atoms with van der Waals surface area (Å²) >= 11 is 0. The maximum atomic E-state index is 13.7. The van der Waals surface area contributed by atoms with Crippen molar-refractivity contribution >= 4 is 12.2 Å². The number of rotatable bonds is 10. The van der Waals surface area contributed by atoms with Crippen molar-refractivity contribution in [2.75, 3.05) is 19.8 Å². The number of benzene rings is 2. The highest BCUT2D eigenvalue weighted by Gasteiger charge is 2.51. The van der Waals surface area contributed by atoms with Crippen molar-refractivity contribution in [1.29, 1.82) is 0 Å². The fourth-order valence-corrected chi connectivity index (χ4v) is 6.38. The van der Waals surface area contributed by atoms with Crippen LogP contribution in [0.25, 0.3) is 0 Å². The average molecular weight is 611 g/mol. The molecule has 0 unspecified atom stereocenters. The molecule has 0 aromatic heterocycles. The van der Waals surface area contributed by atoms with Crippen LogP contribution in [0.4, 0.5) is 9.59 Å². The summed E-state index contributed by atoms with van der Waals surface area (Å²) in [4.78, 5) is 32.6. The number of carbonyl (C=O) groups is 2. The van der Waals surface area contributed by atoms with Gasteiger partial charge >= 0.3 is 12.2 Å². The first-order valence-electron chi connectivity index (χ1n) is 16.0. The van der Waals surface area contributed by atoms with E-state index in [1.54, 1.807) is 9.80 Å². The summed E-state index contributed by atoms with van der Waals surface area (Å²) in [5.74, 6) is 0. The standard InChI is InChI=1S/C35H51N3O6/c1-26(44-31(40)38-33(4,5)25-43-35(38,8)9)20-29(23-41-30(39)37-32(2,3)24-42-34(37,6)7)36(21-27-16-12-10-13-17-27)22-28-18-14-11-15-19-28/h10-19,26,29H,20-25H2,1-9H3/t26-,29-/m0/s1/i23D/t23-,26-,29-. The Morgan fingerprint density at radius 2 is 1.23 bits per heavy atom. The van der Waals surface area contributed by atoms with Gasteiger partial charge in [0.15, 0.2) is 0 Å². The van der Waals surface area contributed by atoms with Crippen molar-refractivity contribution in [3.63, 3.8) is 0 Å². The maximum Gasteiger partial charge on any atom is 0.412 e. The van der Waals surface area contributed by atoms with Gasteiger partial charge in [0.05, 0.1) is 25.7 Å². The van der Waals surface area contributed by atoms with Gasteiger partial charge in [-0.05, 0) is 73.4 Å². The van der Waals surface area contributed by atoms with Crippen LogP contribution in [0.3, 0.4) is 0 Å². The molecule has 2 aromatic carbocycles. The van der Waals surface area contributed by atoms with Gasteiger partial charge in [-0.1, -0.05) is 60.7 Å². The predicted octanol–water partition coefficient (Wildman–Crippen LogP) is 6.80. The topological polar surface area (TPSA) is 80.8 Å². The number of hydrogen-bond acceptors (Lipinski definition) is 7. The lowest BCUT2D eigenvalue weighted by Gasteiger charge is -2.39. The fraction of sp³-hybridized carbons (Fsp3) is 0.600. The minimum absolute atomic E-state index is 0.256. The average Bonchev–Trinajstić information content (AvgIpc) is 3.31. The molecule has 9 heteroatoms. The lowest BCUT2D eigenvalue weighted by atomic mass is 10.0. The van der Waals surface area contributed by atoms with Crippen LogP contribution in [0.2, 0.25) is 0 Å². The van der Waals surface area contributed by atoms with Gasteiger partial charge in [0.25, 0.3) is 0 Å². The molecule has 242 valence electrons. The van der Waals surface area contributed by atoms with Crippen LogP contribution >= 0.6 is 0 Å². The summed E-state index contributed by atoms with van der Waals surface area (Å²) in [7, 11) is 0. The zero-order chi connectivity index (χ0) is 33.2. The minimum Gasteiger partial charge on any atom is -0.448 e. The second-order valence-corrected chi connectivity index (χ2v) is 14.2. The van der Waals surface area contributed by atoms with E-state index < -0.39 is 53.4 Å². The van der Waals surface area contributed by atoms with Crippen LogP contribution in [0.1, 0.15) is 81.2 Å². The summed E-state index contributed by atoms with van der Waals surface area (Å²) in [6, 6.07) is 19.4. The Hall–Kier alpha value is -3.14. The molecular formula is C35H51N3O6. The van der Waals surface area contributed by atoms with Crippen molar-refractivity contribution < 1.29 is 29.9 Å². The normalized spacial score (nSPS) is 22.3. The molecule has 0 spiro atoms. The fourth-order valence-electron chi connectivity index (χ4n) is 6.38. The summed E-state index contributed by atoms with van der Waals surface area (Å²) in [5, 5.41) is 0. The molecule has 0 N–H and O–H groups in total. The summed E-state index contributed by atoms with van der Waals surface area (Å²) in [6.45, 7) is 17.4. The summed E-state index contributed by atoms with van der Waals surface area (Å²) in [6.07, 6.45) is -1.44. The highest BCUT2D eigenvalue weighted by molar-refractivity contribution is 5.70. The SMILES string of the molecule is [2H][C@H](OC(=O)N1C(C)(C)COC1(C)C)[C@H](C[C@H](C)OC(=O)N1C(C)(C)COC1(C)C)N(Cc1ccccc1)Cc1ccccc1. The number of nitrogens with zero attached hydrogens (tertiary/aromatic N) is 3. The first kappa shape index (κ1) is 32.3. The van der Waals surface area contributed by atoms with Gasteiger partial charge < -0.3 is 18.9 Å². The van der Waals surface area contributed by atoms with E-state index >= 15 is 0 Å². The van der Waals surface area contributed by atoms with Crippen molar-refractivity contribution in [3.8, 4) is 0 Å². The molecule has 2 heterocycles. The van der Waals surface area contributed by atoms with Crippen molar-refractivity contribution in [2.45, 2.75) is 116 Å². The molecule has 3 atom stereocenters. The molecule has 2 amide bonds. The molecular weight excluding hydrogens is 558 g/mol. The molecule has 2 aliphatic heterocycles. The van der Waals surface area contributed by atoms with Crippen LogP contribution in [-0.2, 0) is 32.0 Å². The highest BCUT2D eigenvalue weighted by Crippen LogP contribution is 2.36. The smallest absolute Gasteiger partial charge is 0.412 e. The van der Waals surface area contributed by atoms with E-state index in [-0.39, 0.29) is 6.42 Å². The molecule has 44 heavy (non-hydrogen) atoms. The van der Waals surface area contributed by atoms with E-state index in [1.807, 2.05) is 123 Å². The molecule has 0 aliphatic carbocycles. The van der Waals surface area contributed by atoms with Gasteiger partial charge in [-0.15, -0.1) is 0 Å². The largest absolute Gasteiger partial charge is 0.448 e. The molecule has 9 nitrogen and oxygen atoms in total. The van der Waals surface area contributed by atoms with Crippen LogP contribution in [0, 0.1) is 0 Å². The van der Waals surface area contributed by atoms with Crippen molar-refractivity contribution in [3.05, 3.63) is 71.8 Å². The Kier molecular flexibility index (Phi) is 9.58. The second-order valence-electron chi connectivity index (χ2n) is 14.2. The molecule has 0 radical (unpaired) electrons. The van der Waals surface area contributed by atoms with Crippen LogP contribution in [0.5, 0.6) is 0 Å². The van der Waals surface area contributed by atoms with E-state index in [0.717, 1.165) is 11.1 Å². The predicted molar refractivity (Wildman–Crippen MR) is 170 cm³/mol. The Labute approximate surface area is 264 Å².